The number of nitrogens with zero attached hydrogens (tertiary/aromatic N) is 2. The molecule has 0 fully saturated rings. The van der Waals surface area contributed by atoms with Crippen molar-refractivity contribution in [3.8, 4) is 17.1 Å². The Bertz CT molecular complexity index is 2140. The molecule has 4 aromatic rings. The maximum Gasteiger partial charge on any atom is 0.412 e. The van der Waals surface area contributed by atoms with Crippen LogP contribution in [0.3, 0.4) is 0 Å². The van der Waals surface area contributed by atoms with Crippen LogP contribution in [-0.4, -0.2) is 59.0 Å². The van der Waals surface area contributed by atoms with Gasteiger partial charge in [0.25, 0.3) is 11.5 Å². The predicted octanol–water partition coefficient (Wildman–Crippen LogP) is 4.36. The molecule has 2 aromatic carbocycles. The number of aliphatic hydroxyl groups is 1. The maximum atomic E-state index is 13.8. The van der Waals surface area contributed by atoms with Gasteiger partial charge in [-0.3, -0.25) is 14.8 Å². The van der Waals surface area contributed by atoms with Gasteiger partial charge >= 0.3 is 12.1 Å². The highest BCUT2D eigenvalue weighted by Crippen LogP contribution is 2.41. The Kier molecular flexibility index (Phi) is 10.4. The third kappa shape index (κ3) is 7.55. The van der Waals surface area contributed by atoms with Crippen LogP contribution >= 0.6 is 0 Å². The highest BCUT2D eigenvalue weighted by molar-refractivity contribution is 6.76. The molecule has 4 heterocycles. The van der Waals surface area contributed by atoms with Gasteiger partial charge in [-0.05, 0) is 59.9 Å². The number of ether oxygens (including phenoxy) is 2. The molecule has 14 heteroatoms. The summed E-state index contributed by atoms with van der Waals surface area (Å²) in [5.74, 6) is -0.995. The fourth-order valence-electron chi connectivity index (χ4n) is 6.57. The number of aromatic nitrogens is 2. The molecule has 0 unspecified atom stereocenters. The number of benzene rings is 2. The number of pyridine rings is 2. The number of nitrogens with one attached hydrogen (secondary N) is 3. The zero-order chi connectivity index (χ0) is 37.2. The number of esters is 1. The van der Waals surface area contributed by atoms with Gasteiger partial charge in [-0.15, -0.1) is 0 Å². The number of hydroxylamine groups is 1. The number of cyclic esters (lactones) is 1. The molecule has 272 valence electrons. The molecule has 52 heavy (non-hydrogen) atoms. The van der Waals surface area contributed by atoms with Crippen LogP contribution in [0.4, 0.5) is 4.79 Å². The minimum atomic E-state index is -1.90. The van der Waals surface area contributed by atoms with E-state index in [4.69, 9.17) is 19.7 Å². The molecule has 0 aliphatic carbocycles. The van der Waals surface area contributed by atoms with Crippen LogP contribution in [0.5, 0.6) is 5.75 Å². The molecule has 13 nitrogen and oxygen atoms in total. The summed E-state index contributed by atoms with van der Waals surface area (Å²) >= 11 is 0. The smallest absolute Gasteiger partial charge is 0.412 e. The third-order valence-corrected chi connectivity index (χ3v) is 11.3. The van der Waals surface area contributed by atoms with Gasteiger partial charge in [0.2, 0.25) is 0 Å². The maximum absolute atomic E-state index is 13.8. The van der Waals surface area contributed by atoms with Gasteiger partial charge in [0.05, 0.1) is 29.0 Å². The largest absolute Gasteiger partial charge is 0.458 e. The molecule has 2 aromatic heterocycles. The van der Waals surface area contributed by atoms with E-state index in [1.165, 1.54) is 6.08 Å². The molecule has 0 spiro atoms. The minimum absolute atomic E-state index is 0.0679. The first-order valence-electron chi connectivity index (χ1n) is 17.3. The van der Waals surface area contributed by atoms with E-state index in [9.17, 15) is 24.3 Å². The molecule has 0 saturated carbocycles. The van der Waals surface area contributed by atoms with Gasteiger partial charge in [0.1, 0.15) is 12.4 Å². The van der Waals surface area contributed by atoms with Crippen LogP contribution in [0, 0.1) is 0 Å². The average Bonchev–Trinajstić information content (AvgIpc) is 3.49. The molecule has 0 bridgehead atoms. The Balaban J connectivity index is 1.17. The summed E-state index contributed by atoms with van der Waals surface area (Å²) in [7, 11) is -1.50. The van der Waals surface area contributed by atoms with Crippen molar-refractivity contribution in [3.05, 3.63) is 98.3 Å². The van der Waals surface area contributed by atoms with E-state index in [0.717, 1.165) is 40.1 Å². The summed E-state index contributed by atoms with van der Waals surface area (Å²) in [5.41, 5.74) is 5.57. The Morgan fingerprint density at radius 1 is 1.08 bits per heavy atom. The molecular formula is C38H43N5O8Si. The number of carbonyl (C=O) groups is 3. The second-order valence-electron chi connectivity index (χ2n) is 14.3. The molecule has 2 aliphatic rings. The Morgan fingerprint density at radius 3 is 2.56 bits per heavy atom. The Labute approximate surface area is 301 Å². The van der Waals surface area contributed by atoms with E-state index in [1.54, 1.807) is 41.2 Å². The van der Waals surface area contributed by atoms with E-state index >= 15 is 0 Å². The van der Waals surface area contributed by atoms with Crippen molar-refractivity contribution in [2.24, 2.45) is 0 Å². The normalized spacial score (nSPS) is 16.3. The summed E-state index contributed by atoms with van der Waals surface area (Å²) in [6, 6.07) is 15.6. The monoisotopic (exact) mass is 725 g/mol. The number of hydrogen-bond acceptors (Lipinski definition) is 10. The second-order valence-corrected chi connectivity index (χ2v) is 19.9. The molecule has 0 saturated heterocycles. The number of carbonyl (C=O) groups excluding carboxylic acids is 3. The van der Waals surface area contributed by atoms with E-state index in [2.05, 4.69) is 30.3 Å². The Hall–Kier alpha value is -5.15. The number of amides is 2. The molecule has 0 radical (unpaired) electrons. The minimum Gasteiger partial charge on any atom is -0.458 e. The summed E-state index contributed by atoms with van der Waals surface area (Å²) in [6.07, 6.45) is 3.05. The van der Waals surface area contributed by atoms with Crippen LogP contribution in [0.2, 0.25) is 25.7 Å². The topological polar surface area (TPSA) is 181 Å². The van der Waals surface area contributed by atoms with Crippen LogP contribution in [-0.2, 0) is 46.0 Å². The standard InChI is InChI=1S/C38H43N5O8Si/c1-5-38(48)30-19-32-34-28(21-43(32)35(45)29(30)22-50-36(38)46)26(14-17-52(2,3)4)27-18-25(11-12-31(27)41-34)51-37(47)40-16-15-39-20-24-8-6-23(7-9-24)10-13-33(44)42-49/h6-13,18-19,39,48-49H,5,14-17,20-22H2,1-4H3,(H,40,47)(H,42,44)/b13-10+/t38-/m0/s1. The van der Waals surface area contributed by atoms with Crippen LogP contribution < -0.4 is 26.4 Å². The first kappa shape index (κ1) is 36.6. The fraction of sp³-hybridized carbons (Fsp3) is 0.342. The van der Waals surface area contributed by atoms with E-state index < -0.39 is 31.6 Å². The summed E-state index contributed by atoms with van der Waals surface area (Å²) in [4.78, 5) is 55.3. The highest BCUT2D eigenvalue weighted by atomic mass is 28.3. The van der Waals surface area contributed by atoms with Crippen LogP contribution in [0.15, 0.2) is 59.4 Å². The molecule has 5 N–H and O–H groups in total. The number of rotatable bonds is 12. The number of fused-ring (bicyclic) bond motifs is 5. The predicted molar refractivity (Wildman–Crippen MR) is 198 cm³/mol. The quantitative estimate of drug-likeness (QED) is 0.0310. The van der Waals surface area contributed by atoms with Crippen molar-refractivity contribution in [1.29, 1.82) is 0 Å². The highest BCUT2D eigenvalue weighted by Gasteiger charge is 2.45. The summed E-state index contributed by atoms with van der Waals surface area (Å²) in [6.45, 7) is 10.1. The van der Waals surface area contributed by atoms with Crippen molar-refractivity contribution >= 4 is 43.0 Å². The number of hydrogen-bond donors (Lipinski definition) is 5. The lowest BCUT2D eigenvalue weighted by atomic mass is 9.86. The van der Waals surface area contributed by atoms with Gasteiger partial charge in [-0.2, -0.15) is 0 Å². The SMILES string of the molecule is CC[C@@]1(O)C(=O)OCc2c1cc1n(c2=O)Cc2c-1nc1ccc(OC(=O)NCCNCc3ccc(/C=C/C(=O)NO)cc3)cc1c2CC[Si](C)(C)C. The van der Waals surface area contributed by atoms with E-state index in [-0.39, 0.29) is 29.7 Å². The molecule has 6 rings (SSSR count). The second kappa shape index (κ2) is 14.8. The zero-order valence-electron chi connectivity index (χ0n) is 29.7. The summed E-state index contributed by atoms with van der Waals surface area (Å²) < 4.78 is 12.6. The van der Waals surface area contributed by atoms with Gasteiger partial charge in [-0.25, -0.2) is 20.1 Å². The Morgan fingerprint density at radius 2 is 1.85 bits per heavy atom. The molecule has 2 amide bonds. The van der Waals surface area contributed by atoms with Gasteiger partial charge < -0.3 is 29.8 Å². The van der Waals surface area contributed by atoms with Gasteiger partial charge in [0.15, 0.2) is 5.60 Å². The van der Waals surface area contributed by atoms with Gasteiger partial charge in [0, 0.05) is 50.3 Å². The third-order valence-electron chi connectivity index (χ3n) is 9.53. The first-order chi connectivity index (χ1) is 24.8. The fourth-order valence-corrected chi connectivity index (χ4v) is 7.57. The average molecular weight is 726 g/mol. The lowest BCUT2D eigenvalue weighted by molar-refractivity contribution is -0.172. The zero-order valence-corrected chi connectivity index (χ0v) is 30.7. The van der Waals surface area contributed by atoms with E-state index in [1.807, 2.05) is 30.3 Å². The molecular weight excluding hydrogens is 683 g/mol. The van der Waals surface area contributed by atoms with Crippen molar-refractivity contribution in [2.45, 2.75) is 70.7 Å². The molecule has 1 atom stereocenters. The van der Waals surface area contributed by atoms with Crippen molar-refractivity contribution in [3.63, 3.8) is 0 Å². The van der Waals surface area contributed by atoms with Crippen molar-refractivity contribution < 1.29 is 34.2 Å². The van der Waals surface area contributed by atoms with Crippen molar-refractivity contribution in [1.82, 2.24) is 25.7 Å². The van der Waals surface area contributed by atoms with Crippen molar-refractivity contribution in [2.75, 3.05) is 13.1 Å². The first-order valence-corrected chi connectivity index (χ1v) is 21.0. The van der Waals surface area contributed by atoms with Crippen LogP contribution in [0.25, 0.3) is 28.4 Å². The summed E-state index contributed by atoms with van der Waals surface area (Å²) in [5, 5.41) is 26.7. The number of aryl methyl sites for hydroxylation is 1. The lowest BCUT2D eigenvalue weighted by Gasteiger charge is -2.31. The molecule has 2 aliphatic heterocycles. The van der Waals surface area contributed by atoms with Gasteiger partial charge in [-0.1, -0.05) is 56.9 Å². The van der Waals surface area contributed by atoms with Crippen LogP contribution in [0.1, 0.15) is 46.7 Å². The lowest BCUT2D eigenvalue weighted by Crippen LogP contribution is -2.44. The van der Waals surface area contributed by atoms with E-state index in [0.29, 0.717) is 48.8 Å².